The molecule has 0 heterocycles. The lowest BCUT2D eigenvalue weighted by molar-refractivity contribution is -0.136. The molecule has 0 aromatic heterocycles. The van der Waals surface area contributed by atoms with Crippen LogP contribution in [0.25, 0.3) is 0 Å². The van der Waals surface area contributed by atoms with Crippen molar-refractivity contribution in [3.05, 3.63) is 27.2 Å². The molecule has 0 atom stereocenters. The number of rotatable bonds is 4. The summed E-state index contributed by atoms with van der Waals surface area (Å²) in [6.45, 7) is 3.92. The van der Waals surface area contributed by atoms with Gasteiger partial charge < -0.3 is 9.84 Å². The summed E-state index contributed by atoms with van der Waals surface area (Å²) in [5, 5.41) is 8.69. The van der Waals surface area contributed by atoms with Crippen LogP contribution in [0.4, 0.5) is 0 Å². The highest BCUT2D eigenvalue weighted by atomic mass is 79.9. The van der Waals surface area contributed by atoms with Gasteiger partial charge in [0, 0.05) is 10.9 Å². The number of hydrogen-bond donors (Lipinski definition) is 1. The zero-order valence-corrected chi connectivity index (χ0v) is 11.2. The van der Waals surface area contributed by atoms with Gasteiger partial charge in [0.1, 0.15) is 5.75 Å². The monoisotopic (exact) mass is 286 g/mol. The van der Waals surface area contributed by atoms with E-state index in [2.05, 4.69) is 15.9 Å². The van der Waals surface area contributed by atoms with Crippen molar-refractivity contribution < 1.29 is 14.6 Å². The predicted octanol–water partition coefficient (Wildman–Crippen LogP) is 3.09. The molecule has 1 aromatic rings. The van der Waals surface area contributed by atoms with Crippen molar-refractivity contribution in [3.8, 4) is 5.75 Å². The Bertz CT molecular complexity index is 413. The Kier molecular flexibility index (Phi) is 4.35. The lowest BCUT2D eigenvalue weighted by Crippen LogP contribution is -2.02. The number of hydrogen-bond acceptors (Lipinski definition) is 2. The van der Waals surface area contributed by atoms with E-state index in [1.165, 1.54) is 0 Å². The fraction of sp³-hybridized carbons (Fsp3) is 0.417. The quantitative estimate of drug-likeness (QED) is 0.925. The van der Waals surface area contributed by atoms with Gasteiger partial charge in [0.25, 0.3) is 0 Å². The second kappa shape index (κ2) is 5.34. The van der Waals surface area contributed by atoms with Crippen molar-refractivity contribution in [1.29, 1.82) is 0 Å². The molecule has 88 valence electrons. The molecule has 1 rings (SSSR count). The van der Waals surface area contributed by atoms with Crippen LogP contribution in [0.1, 0.15) is 23.1 Å². The molecule has 0 aliphatic rings. The summed E-state index contributed by atoms with van der Waals surface area (Å²) in [7, 11) is 1.63. The maximum Gasteiger partial charge on any atom is 0.303 e. The van der Waals surface area contributed by atoms with Crippen molar-refractivity contribution in [3.63, 3.8) is 0 Å². The number of carboxylic acids is 1. The molecule has 0 radical (unpaired) electrons. The third-order valence-corrected chi connectivity index (χ3v) is 3.28. The van der Waals surface area contributed by atoms with Crippen LogP contribution < -0.4 is 4.74 Å². The van der Waals surface area contributed by atoms with Crippen molar-refractivity contribution in [2.24, 2.45) is 0 Å². The van der Waals surface area contributed by atoms with Gasteiger partial charge in [0.15, 0.2) is 0 Å². The summed E-state index contributed by atoms with van der Waals surface area (Å²) in [6.07, 6.45) is 0.643. The number of carbonyl (C=O) groups is 1. The number of halogens is 1. The molecule has 0 amide bonds. The SMILES string of the molecule is COc1c(C)cc(Br)c(CCC(=O)O)c1C. The molecule has 1 N–H and O–H groups in total. The number of ether oxygens (including phenoxy) is 1. The molecule has 0 saturated carbocycles. The Labute approximate surface area is 104 Å². The molecule has 0 aliphatic carbocycles. The molecule has 3 nitrogen and oxygen atoms in total. The van der Waals surface area contributed by atoms with E-state index in [1.807, 2.05) is 19.9 Å². The minimum atomic E-state index is -0.786. The Morgan fingerprint density at radius 1 is 1.50 bits per heavy atom. The average molecular weight is 287 g/mol. The molecular weight excluding hydrogens is 272 g/mol. The van der Waals surface area contributed by atoms with E-state index in [-0.39, 0.29) is 6.42 Å². The molecule has 4 heteroatoms. The van der Waals surface area contributed by atoms with Gasteiger partial charge in [0.2, 0.25) is 0 Å². The first-order valence-corrected chi connectivity index (χ1v) is 5.81. The number of aliphatic carboxylic acids is 1. The average Bonchev–Trinajstić information content (AvgIpc) is 2.16. The fourth-order valence-corrected chi connectivity index (χ4v) is 2.65. The fourth-order valence-electron chi connectivity index (χ4n) is 1.81. The largest absolute Gasteiger partial charge is 0.496 e. The van der Waals surface area contributed by atoms with Gasteiger partial charge in [-0.15, -0.1) is 0 Å². The molecule has 0 aliphatic heterocycles. The Morgan fingerprint density at radius 3 is 2.62 bits per heavy atom. The lowest BCUT2D eigenvalue weighted by atomic mass is 10.00. The molecule has 0 bridgehead atoms. The van der Waals surface area contributed by atoms with Gasteiger partial charge >= 0.3 is 5.97 Å². The van der Waals surface area contributed by atoms with Gasteiger partial charge in [-0.05, 0) is 43.0 Å². The van der Waals surface area contributed by atoms with Crippen LogP contribution >= 0.6 is 15.9 Å². The van der Waals surface area contributed by atoms with E-state index < -0.39 is 5.97 Å². The van der Waals surface area contributed by atoms with E-state index in [1.54, 1.807) is 7.11 Å². The van der Waals surface area contributed by atoms with Gasteiger partial charge in [-0.2, -0.15) is 0 Å². The van der Waals surface area contributed by atoms with E-state index in [0.717, 1.165) is 26.9 Å². The van der Waals surface area contributed by atoms with Crippen LogP contribution in [0.2, 0.25) is 0 Å². The van der Waals surface area contributed by atoms with Crippen molar-refractivity contribution >= 4 is 21.9 Å². The second-order valence-electron chi connectivity index (χ2n) is 3.71. The highest BCUT2D eigenvalue weighted by molar-refractivity contribution is 9.10. The Hall–Kier alpha value is -1.03. The number of methoxy groups -OCH3 is 1. The van der Waals surface area contributed by atoms with Gasteiger partial charge in [-0.25, -0.2) is 0 Å². The van der Waals surface area contributed by atoms with Crippen LogP contribution in [-0.2, 0) is 11.2 Å². The van der Waals surface area contributed by atoms with Gasteiger partial charge in [-0.3, -0.25) is 4.79 Å². The summed E-state index contributed by atoms with van der Waals surface area (Å²) in [6, 6.07) is 1.96. The topological polar surface area (TPSA) is 46.5 Å². The Balaban J connectivity index is 3.12. The third-order valence-electron chi connectivity index (χ3n) is 2.58. The zero-order valence-electron chi connectivity index (χ0n) is 9.63. The maximum absolute atomic E-state index is 10.6. The van der Waals surface area contributed by atoms with Crippen LogP contribution in [0.3, 0.4) is 0 Å². The van der Waals surface area contributed by atoms with Crippen molar-refractivity contribution in [2.45, 2.75) is 26.7 Å². The molecule has 0 saturated heterocycles. The first-order chi connectivity index (χ1) is 7.47. The summed E-state index contributed by atoms with van der Waals surface area (Å²) in [4.78, 5) is 10.6. The number of benzene rings is 1. The lowest BCUT2D eigenvalue weighted by Gasteiger charge is -2.14. The first kappa shape index (κ1) is 13.0. The Morgan fingerprint density at radius 2 is 2.12 bits per heavy atom. The second-order valence-corrected chi connectivity index (χ2v) is 4.56. The molecule has 16 heavy (non-hydrogen) atoms. The van der Waals surface area contributed by atoms with Crippen LogP contribution in [0.5, 0.6) is 5.75 Å². The minimum absolute atomic E-state index is 0.131. The highest BCUT2D eigenvalue weighted by Crippen LogP contribution is 2.32. The summed E-state index contributed by atoms with van der Waals surface area (Å²) < 4.78 is 6.26. The normalized spacial score (nSPS) is 10.2. The van der Waals surface area contributed by atoms with E-state index in [4.69, 9.17) is 9.84 Å². The smallest absolute Gasteiger partial charge is 0.303 e. The van der Waals surface area contributed by atoms with Gasteiger partial charge in [0.05, 0.1) is 7.11 Å². The van der Waals surface area contributed by atoms with Crippen LogP contribution in [-0.4, -0.2) is 18.2 Å². The maximum atomic E-state index is 10.6. The first-order valence-electron chi connectivity index (χ1n) is 5.01. The third kappa shape index (κ3) is 2.76. The van der Waals surface area contributed by atoms with E-state index in [0.29, 0.717) is 6.42 Å². The highest BCUT2D eigenvalue weighted by Gasteiger charge is 2.13. The molecule has 1 aromatic carbocycles. The van der Waals surface area contributed by atoms with Gasteiger partial charge in [-0.1, -0.05) is 15.9 Å². The molecule has 0 spiro atoms. The number of aryl methyl sites for hydroxylation is 1. The van der Waals surface area contributed by atoms with E-state index >= 15 is 0 Å². The van der Waals surface area contributed by atoms with E-state index in [9.17, 15) is 4.79 Å². The molecular formula is C12H15BrO3. The van der Waals surface area contributed by atoms with Crippen molar-refractivity contribution in [2.75, 3.05) is 7.11 Å². The summed E-state index contributed by atoms with van der Waals surface area (Å²) in [5.74, 6) is 0.0504. The number of carboxylic acid groups (broad SMARTS) is 1. The van der Waals surface area contributed by atoms with Crippen LogP contribution in [0.15, 0.2) is 10.5 Å². The van der Waals surface area contributed by atoms with Crippen LogP contribution in [0, 0.1) is 13.8 Å². The van der Waals surface area contributed by atoms with Crippen molar-refractivity contribution in [1.82, 2.24) is 0 Å². The minimum Gasteiger partial charge on any atom is -0.496 e. The molecule has 0 fully saturated rings. The zero-order chi connectivity index (χ0) is 12.3. The standard InChI is InChI=1S/C12H15BrO3/c1-7-6-10(13)9(4-5-11(14)15)8(2)12(7)16-3/h6H,4-5H2,1-3H3,(H,14,15). The molecule has 0 unspecified atom stereocenters. The predicted molar refractivity (Wildman–Crippen MR) is 66.1 cm³/mol. The summed E-state index contributed by atoms with van der Waals surface area (Å²) in [5.41, 5.74) is 3.06. The summed E-state index contributed by atoms with van der Waals surface area (Å²) >= 11 is 3.46.